The number of rotatable bonds is 8. The Bertz CT molecular complexity index is 825. The highest BCUT2D eigenvalue weighted by atomic mass is 16.5. The summed E-state index contributed by atoms with van der Waals surface area (Å²) in [4.78, 5) is 2.62. The first-order valence-corrected chi connectivity index (χ1v) is 11.1. The van der Waals surface area contributed by atoms with E-state index in [0.29, 0.717) is 31.2 Å². The van der Waals surface area contributed by atoms with E-state index in [4.69, 9.17) is 14.0 Å². The normalized spacial score (nSPS) is 25.0. The summed E-state index contributed by atoms with van der Waals surface area (Å²) in [6.45, 7) is 8.18. The minimum atomic E-state index is 0.293. The molecule has 0 amide bonds. The third-order valence-corrected chi connectivity index (χ3v) is 6.31. The van der Waals surface area contributed by atoms with Gasteiger partial charge in [-0.2, -0.15) is 0 Å². The average Bonchev–Trinajstić information content (AvgIpc) is 3.41. The molecular weight excluding hydrogens is 380 g/mol. The lowest BCUT2D eigenvalue weighted by Gasteiger charge is -2.40. The van der Waals surface area contributed by atoms with Crippen LogP contribution in [0.5, 0.6) is 5.75 Å². The van der Waals surface area contributed by atoms with Gasteiger partial charge in [0, 0.05) is 43.4 Å². The molecule has 2 N–H and O–H groups in total. The number of methoxy groups -OCH3 is 1. The number of piperidine rings is 1. The van der Waals surface area contributed by atoms with E-state index in [1.54, 1.807) is 7.11 Å². The van der Waals surface area contributed by atoms with Crippen molar-refractivity contribution in [3.05, 3.63) is 46.8 Å². The molecule has 2 aliphatic heterocycles. The molecule has 2 saturated heterocycles. The van der Waals surface area contributed by atoms with Crippen LogP contribution in [0, 0.1) is 6.92 Å². The van der Waals surface area contributed by atoms with Crippen molar-refractivity contribution < 1.29 is 14.0 Å². The van der Waals surface area contributed by atoms with Crippen molar-refractivity contribution >= 4 is 0 Å². The smallest absolute Gasteiger partial charge is 0.143 e. The van der Waals surface area contributed by atoms with Gasteiger partial charge in [0.25, 0.3) is 0 Å². The molecular formula is C23H34N4O3. The molecule has 2 aliphatic rings. The first kappa shape index (κ1) is 21.3. The van der Waals surface area contributed by atoms with Crippen molar-refractivity contribution in [2.75, 3.05) is 26.8 Å². The first-order chi connectivity index (χ1) is 14.7. The van der Waals surface area contributed by atoms with Gasteiger partial charge in [0.15, 0.2) is 0 Å². The Balaban J connectivity index is 1.51. The standard InChI is InChI=1S/C23H34N4O3/c1-4-29-15-18-12-17(8-9-21(18)28-3)14-27-10-6-5-7-20(27)23-19(13-24-25-23)22-11-16(2)26-30-22/h8-9,11-12,19-20,23-25H,4-7,10,13-15H2,1-3H3. The van der Waals surface area contributed by atoms with Crippen LogP contribution in [0.4, 0.5) is 0 Å². The van der Waals surface area contributed by atoms with Crippen LogP contribution in [-0.4, -0.2) is 48.9 Å². The van der Waals surface area contributed by atoms with E-state index >= 15 is 0 Å². The van der Waals surface area contributed by atoms with Crippen molar-refractivity contribution in [2.45, 2.75) is 64.3 Å². The molecule has 3 heterocycles. The molecule has 0 spiro atoms. The molecule has 30 heavy (non-hydrogen) atoms. The molecule has 164 valence electrons. The van der Waals surface area contributed by atoms with Crippen molar-refractivity contribution in [1.29, 1.82) is 0 Å². The van der Waals surface area contributed by atoms with Crippen molar-refractivity contribution in [3.8, 4) is 5.75 Å². The van der Waals surface area contributed by atoms with E-state index in [1.165, 1.54) is 24.8 Å². The fourth-order valence-electron chi connectivity index (χ4n) is 4.82. The van der Waals surface area contributed by atoms with Crippen LogP contribution in [0.15, 0.2) is 28.8 Å². The zero-order valence-electron chi connectivity index (χ0n) is 18.3. The molecule has 0 bridgehead atoms. The van der Waals surface area contributed by atoms with Gasteiger partial charge in [0.1, 0.15) is 11.5 Å². The van der Waals surface area contributed by atoms with Crippen LogP contribution in [0.2, 0.25) is 0 Å². The molecule has 2 fully saturated rings. The molecule has 3 atom stereocenters. The number of likely N-dealkylation sites (tertiary alicyclic amines) is 1. The Hall–Kier alpha value is -1.93. The predicted octanol–water partition coefficient (Wildman–Crippen LogP) is 3.14. The van der Waals surface area contributed by atoms with Gasteiger partial charge in [-0.25, -0.2) is 0 Å². The molecule has 1 aromatic heterocycles. The molecule has 4 rings (SSSR count). The average molecular weight is 415 g/mol. The Labute approximate surface area is 179 Å². The fraction of sp³-hybridized carbons (Fsp3) is 0.609. The van der Waals surface area contributed by atoms with Gasteiger partial charge in [-0.15, -0.1) is 0 Å². The highest BCUT2D eigenvalue weighted by Crippen LogP contribution is 2.32. The second kappa shape index (κ2) is 9.92. The summed E-state index contributed by atoms with van der Waals surface area (Å²) in [5, 5.41) is 4.11. The molecule has 0 aliphatic carbocycles. The lowest BCUT2D eigenvalue weighted by atomic mass is 9.86. The minimum absolute atomic E-state index is 0.293. The Morgan fingerprint density at radius 2 is 2.17 bits per heavy atom. The van der Waals surface area contributed by atoms with Gasteiger partial charge >= 0.3 is 0 Å². The Kier molecular flexibility index (Phi) is 7.04. The van der Waals surface area contributed by atoms with E-state index < -0.39 is 0 Å². The fourth-order valence-corrected chi connectivity index (χ4v) is 4.82. The number of hydrazine groups is 1. The van der Waals surface area contributed by atoms with Crippen molar-refractivity contribution in [2.24, 2.45) is 0 Å². The third-order valence-electron chi connectivity index (χ3n) is 6.31. The maximum absolute atomic E-state index is 5.65. The van der Waals surface area contributed by atoms with Gasteiger partial charge < -0.3 is 14.0 Å². The Morgan fingerprint density at radius 3 is 2.93 bits per heavy atom. The number of aromatic nitrogens is 1. The molecule has 7 nitrogen and oxygen atoms in total. The van der Waals surface area contributed by atoms with Crippen LogP contribution in [-0.2, 0) is 17.9 Å². The highest BCUT2D eigenvalue weighted by molar-refractivity contribution is 5.37. The van der Waals surface area contributed by atoms with Gasteiger partial charge in [-0.05, 0) is 50.9 Å². The Morgan fingerprint density at radius 1 is 1.27 bits per heavy atom. The first-order valence-electron chi connectivity index (χ1n) is 11.1. The number of nitrogens with one attached hydrogen (secondary N) is 2. The maximum Gasteiger partial charge on any atom is 0.143 e. The monoisotopic (exact) mass is 414 g/mol. The summed E-state index contributed by atoms with van der Waals surface area (Å²) < 4.78 is 16.8. The summed E-state index contributed by atoms with van der Waals surface area (Å²) in [7, 11) is 1.72. The van der Waals surface area contributed by atoms with Crippen LogP contribution < -0.4 is 15.6 Å². The van der Waals surface area contributed by atoms with E-state index in [9.17, 15) is 0 Å². The van der Waals surface area contributed by atoms with Crippen molar-refractivity contribution in [3.63, 3.8) is 0 Å². The second-order valence-electron chi connectivity index (χ2n) is 8.35. The lowest BCUT2D eigenvalue weighted by molar-refractivity contribution is 0.103. The molecule has 7 heteroatoms. The van der Waals surface area contributed by atoms with Crippen LogP contribution in [0.3, 0.4) is 0 Å². The van der Waals surface area contributed by atoms with Gasteiger partial charge in [0.2, 0.25) is 0 Å². The summed E-state index contributed by atoms with van der Waals surface area (Å²) in [5.74, 6) is 2.16. The SMILES string of the molecule is CCOCc1cc(CN2CCCCC2C2NNCC2c2cc(C)no2)ccc1OC. The van der Waals surface area contributed by atoms with E-state index in [-0.39, 0.29) is 0 Å². The van der Waals surface area contributed by atoms with E-state index in [1.807, 2.05) is 13.8 Å². The number of benzene rings is 1. The zero-order valence-corrected chi connectivity index (χ0v) is 18.3. The summed E-state index contributed by atoms with van der Waals surface area (Å²) in [6, 6.07) is 9.30. The number of nitrogens with zero attached hydrogens (tertiary/aromatic N) is 2. The second-order valence-corrected chi connectivity index (χ2v) is 8.35. The predicted molar refractivity (Wildman–Crippen MR) is 115 cm³/mol. The molecule has 0 radical (unpaired) electrons. The topological polar surface area (TPSA) is 71.8 Å². The number of ether oxygens (including phenoxy) is 2. The van der Waals surface area contributed by atoms with Crippen LogP contribution >= 0.6 is 0 Å². The number of hydrogen-bond donors (Lipinski definition) is 2. The van der Waals surface area contributed by atoms with Crippen molar-refractivity contribution in [1.82, 2.24) is 20.9 Å². The molecule has 1 aromatic carbocycles. The highest BCUT2D eigenvalue weighted by Gasteiger charge is 2.40. The maximum atomic E-state index is 5.65. The third kappa shape index (κ3) is 4.70. The van der Waals surface area contributed by atoms with E-state index in [0.717, 1.165) is 42.4 Å². The zero-order chi connectivity index (χ0) is 20.9. The largest absolute Gasteiger partial charge is 0.496 e. The van der Waals surface area contributed by atoms with Crippen LogP contribution in [0.1, 0.15) is 54.7 Å². The van der Waals surface area contributed by atoms with Gasteiger partial charge in [0.05, 0.1) is 25.3 Å². The quantitative estimate of drug-likeness (QED) is 0.687. The lowest BCUT2D eigenvalue weighted by Crippen LogP contribution is -2.52. The van der Waals surface area contributed by atoms with Gasteiger partial charge in [-0.3, -0.25) is 15.8 Å². The minimum Gasteiger partial charge on any atom is -0.496 e. The van der Waals surface area contributed by atoms with Gasteiger partial charge in [-0.1, -0.05) is 17.6 Å². The molecule has 2 aromatic rings. The van der Waals surface area contributed by atoms with E-state index in [2.05, 4.69) is 45.2 Å². The number of hydrogen-bond acceptors (Lipinski definition) is 7. The summed E-state index contributed by atoms with van der Waals surface area (Å²) >= 11 is 0. The molecule has 0 saturated carbocycles. The summed E-state index contributed by atoms with van der Waals surface area (Å²) in [6.07, 6.45) is 3.69. The van der Waals surface area contributed by atoms with Crippen LogP contribution in [0.25, 0.3) is 0 Å². The summed E-state index contributed by atoms with van der Waals surface area (Å²) in [5.41, 5.74) is 10.3. The molecule has 3 unspecified atom stereocenters. The number of aryl methyl sites for hydroxylation is 1.